The fourth-order valence-corrected chi connectivity index (χ4v) is 1.10. The first kappa shape index (κ1) is 8.30. The van der Waals surface area contributed by atoms with Crippen LogP contribution in [0.5, 0.6) is 0 Å². The number of anilines is 1. The van der Waals surface area contributed by atoms with Gasteiger partial charge in [0.1, 0.15) is 0 Å². The second-order valence-electron chi connectivity index (χ2n) is 2.29. The lowest BCUT2D eigenvalue weighted by atomic mass is 10.2. The summed E-state index contributed by atoms with van der Waals surface area (Å²) in [5, 5.41) is 9.06. The molecule has 0 saturated heterocycles. The summed E-state index contributed by atoms with van der Waals surface area (Å²) in [5.74, 6) is 0. The normalized spacial score (nSPS) is 10.1. The second-order valence-corrected chi connectivity index (χ2v) is 2.64. The van der Waals surface area contributed by atoms with Crippen LogP contribution in [-0.2, 0) is 6.61 Å². The summed E-state index contributed by atoms with van der Waals surface area (Å²) in [5.41, 5.74) is 7.25. The Hall–Kier alpha value is -0.800. The summed E-state index contributed by atoms with van der Waals surface area (Å²) in [7, 11) is 0. The predicted octanol–water partition coefficient (Wildman–Crippen LogP) is 1.12. The van der Waals surface area contributed by atoms with Gasteiger partial charge in [-0.1, -0.05) is 11.6 Å². The first-order chi connectivity index (χ1) is 5.15. The number of nitrogens with two attached hydrogens (primary N) is 1. The molecule has 60 valence electrons. The van der Waals surface area contributed by atoms with E-state index in [0.29, 0.717) is 11.3 Å². The molecule has 3 N–H and O–H groups in total. The van der Waals surface area contributed by atoms with E-state index in [1.165, 1.54) is 0 Å². The standard InChI is InChI=1S/C7H9ClN2O/c1-4-2-5(3-11)6(9)7(8)10-4/h2,11H,3,9H2,1H3. The van der Waals surface area contributed by atoms with Crippen LogP contribution in [0, 0.1) is 6.92 Å². The minimum absolute atomic E-state index is 0.102. The van der Waals surface area contributed by atoms with E-state index in [1.807, 2.05) is 0 Å². The lowest BCUT2D eigenvalue weighted by Gasteiger charge is -2.04. The predicted molar refractivity (Wildman–Crippen MR) is 44.3 cm³/mol. The molecule has 0 radical (unpaired) electrons. The molecule has 1 aromatic heterocycles. The molecule has 0 aliphatic heterocycles. The van der Waals surface area contributed by atoms with Gasteiger partial charge in [-0.15, -0.1) is 0 Å². The molecule has 3 nitrogen and oxygen atoms in total. The molecule has 0 aliphatic rings. The number of rotatable bonds is 1. The Labute approximate surface area is 69.8 Å². The van der Waals surface area contributed by atoms with Gasteiger partial charge in [-0.2, -0.15) is 0 Å². The maximum absolute atomic E-state index is 8.80. The molecule has 1 rings (SSSR count). The smallest absolute Gasteiger partial charge is 0.152 e. The number of hydrogen-bond acceptors (Lipinski definition) is 3. The number of pyridine rings is 1. The fraction of sp³-hybridized carbons (Fsp3) is 0.286. The van der Waals surface area contributed by atoms with Crippen molar-refractivity contribution in [3.63, 3.8) is 0 Å². The molecule has 0 fully saturated rings. The van der Waals surface area contributed by atoms with Crippen molar-refractivity contribution in [3.05, 3.63) is 22.5 Å². The molecule has 0 aromatic carbocycles. The highest BCUT2D eigenvalue weighted by atomic mass is 35.5. The van der Waals surface area contributed by atoms with Crippen LogP contribution in [0.2, 0.25) is 5.15 Å². The van der Waals surface area contributed by atoms with Crippen LogP contribution >= 0.6 is 11.6 Å². The van der Waals surface area contributed by atoms with Crippen molar-refractivity contribution in [3.8, 4) is 0 Å². The van der Waals surface area contributed by atoms with Crippen molar-refractivity contribution in [2.75, 3.05) is 5.73 Å². The number of hydrogen-bond donors (Lipinski definition) is 2. The van der Waals surface area contributed by atoms with E-state index in [2.05, 4.69) is 4.98 Å². The van der Waals surface area contributed by atoms with E-state index < -0.39 is 0 Å². The van der Waals surface area contributed by atoms with E-state index in [9.17, 15) is 0 Å². The van der Waals surface area contributed by atoms with Crippen molar-refractivity contribution in [2.24, 2.45) is 0 Å². The number of nitrogen functional groups attached to an aromatic ring is 1. The van der Waals surface area contributed by atoms with Gasteiger partial charge in [0.25, 0.3) is 0 Å². The molecular weight excluding hydrogens is 164 g/mol. The lowest BCUT2D eigenvalue weighted by molar-refractivity contribution is 0.282. The van der Waals surface area contributed by atoms with Gasteiger partial charge in [0.05, 0.1) is 12.3 Å². The molecule has 0 amide bonds. The zero-order valence-corrected chi connectivity index (χ0v) is 6.89. The van der Waals surface area contributed by atoms with Crippen molar-refractivity contribution >= 4 is 17.3 Å². The summed E-state index contributed by atoms with van der Waals surface area (Å²) in [6.45, 7) is 1.69. The molecule has 0 atom stereocenters. The Bertz CT molecular complexity index is 275. The maximum atomic E-state index is 8.80. The molecule has 0 unspecified atom stereocenters. The molecule has 4 heteroatoms. The fourth-order valence-electron chi connectivity index (χ4n) is 0.841. The van der Waals surface area contributed by atoms with Crippen molar-refractivity contribution < 1.29 is 5.11 Å². The first-order valence-corrected chi connectivity index (χ1v) is 3.55. The number of aliphatic hydroxyl groups is 1. The number of halogens is 1. The van der Waals surface area contributed by atoms with E-state index in [4.69, 9.17) is 22.4 Å². The van der Waals surface area contributed by atoms with Crippen LogP contribution in [0.1, 0.15) is 11.3 Å². The van der Waals surface area contributed by atoms with Crippen LogP contribution < -0.4 is 5.73 Å². The van der Waals surface area contributed by atoms with E-state index in [-0.39, 0.29) is 11.8 Å². The van der Waals surface area contributed by atoms with E-state index >= 15 is 0 Å². The quantitative estimate of drug-likeness (QED) is 0.625. The SMILES string of the molecule is Cc1cc(CO)c(N)c(Cl)n1. The Balaban J connectivity index is 3.24. The largest absolute Gasteiger partial charge is 0.396 e. The summed E-state index contributed by atoms with van der Waals surface area (Å²) < 4.78 is 0. The molecule has 11 heavy (non-hydrogen) atoms. The van der Waals surface area contributed by atoms with Gasteiger partial charge in [-0.05, 0) is 13.0 Å². The van der Waals surface area contributed by atoms with Crippen LogP contribution in [0.15, 0.2) is 6.07 Å². The molecule has 0 bridgehead atoms. The van der Waals surface area contributed by atoms with E-state index in [1.54, 1.807) is 13.0 Å². The zero-order chi connectivity index (χ0) is 8.43. The molecule has 0 aliphatic carbocycles. The Morgan fingerprint density at radius 2 is 2.36 bits per heavy atom. The highest BCUT2D eigenvalue weighted by molar-refractivity contribution is 6.32. The third-order valence-corrected chi connectivity index (χ3v) is 1.68. The highest BCUT2D eigenvalue weighted by Crippen LogP contribution is 2.21. The molecule has 1 heterocycles. The van der Waals surface area contributed by atoms with Crippen molar-refractivity contribution in [1.29, 1.82) is 0 Å². The Morgan fingerprint density at radius 3 is 2.91 bits per heavy atom. The van der Waals surface area contributed by atoms with Crippen LogP contribution in [-0.4, -0.2) is 10.1 Å². The minimum atomic E-state index is -0.102. The van der Waals surface area contributed by atoms with Crippen LogP contribution in [0.25, 0.3) is 0 Å². The first-order valence-electron chi connectivity index (χ1n) is 3.17. The maximum Gasteiger partial charge on any atom is 0.152 e. The van der Waals surface area contributed by atoms with Crippen molar-refractivity contribution in [2.45, 2.75) is 13.5 Å². The van der Waals surface area contributed by atoms with Gasteiger partial charge in [-0.25, -0.2) is 4.98 Å². The third-order valence-electron chi connectivity index (χ3n) is 1.40. The second kappa shape index (κ2) is 3.07. The summed E-state index contributed by atoms with van der Waals surface area (Å²) in [4.78, 5) is 3.91. The number of aromatic nitrogens is 1. The van der Waals surface area contributed by atoms with Gasteiger partial charge in [0.15, 0.2) is 5.15 Å². The summed E-state index contributed by atoms with van der Waals surface area (Å²) in [6.07, 6.45) is 0. The van der Waals surface area contributed by atoms with Crippen LogP contribution in [0.3, 0.4) is 0 Å². The zero-order valence-electron chi connectivity index (χ0n) is 6.13. The van der Waals surface area contributed by atoms with Crippen molar-refractivity contribution in [1.82, 2.24) is 4.98 Å². The van der Waals surface area contributed by atoms with Gasteiger partial charge >= 0.3 is 0 Å². The minimum Gasteiger partial charge on any atom is -0.396 e. The third kappa shape index (κ3) is 1.61. The Morgan fingerprint density at radius 1 is 1.73 bits per heavy atom. The molecule has 0 saturated carbocycles. The van der Waals surface area contributed by atoms with Gasteiger partial charge in [0.2, 0.25) is 0 Å². The van der Waals surface area contributed by atoms with Gasteiger partial charge in [0, 0.05) is 11.3 Å². The van der Waals surface area contributed by atoms with Crippen LogP contribution in [0.4, 0.5) is 5.69 Å². The van der Waals surface area contributed by atoms with Gasteiger partial charge < -0.3 is 10.8 Å². The highest BCUT2D eigenvalue weighted by Gasteiger charge is 2.04. The van der Waals surface area contributed by atoms with E-state index in [0.717, 1.165) is 5.69 Å². The topological polar surface area (TPSA) is 59.1 Å². The number of aliphatic hydroxyl groups excluding tert-OH is 1. The molecule has 1 aromatic rings. The number of nitrogens with zero attached hydrogens (tertiary/aromatic N) is 1. The molecule has 0 spiro atoms. The average molecular weight is 173 g/mol. The average Bonchev–Trinajstić information content (AvgIpc) is 1.96. The van der Waals surface area contributed by atoms with Gasteiger partial charge in [-0.3, -0.25) is 0 Å². The number of aryl methyl sites for hydroxylation is 1. The Kier molecular flexibility index (Phi) is 2.31. The monoisotopic (exact) mass is 172 g/mol. The molecular formula is C7H9ClN2O. The lowest BCUT2D eigenvalue weighted by Crippen LogP contribution is -1.98. The summed E-state index contributed by atoms with van der Waals surface area (Å²) in [6, 6.07) is 1.71. The summed E-state index contributed by atoms with van der Waals surface area (Å²) >= 11 is 5.65.